The standard InChI is InChI=1S/C19H18N2O2S2/c1-23-15(22)11-24-18-16-13-9-5-6-10-14(13)25-19(16)21-17(20-18)12-7-3-2-4-8-12/h2-4,7-8H,5-6,9-11H2,1H3. The fourth-order valence-corrected chi connectivity index (χ4v) is 5.34. The summed E-state index contributed by atoms with van der Waals surface area (Å²) < 4.78 is 4.79. The fraction of sp³-hybridized carbons (Fsp3) is 0.316. The van der Waals surface area contributed by atoms with Crippen molar-refractivity contribution in [3.8, 4) is 11.4 Å². The normalized spacial score (nSPS) is 13.6. The Kier molecular flexibility index (Phi) is 4.72. The lowest BCUT2D eigenvalue weighted by atomic mass is 9.97. The minimum atomic E-state index is -0.234. The molecule has 25 heavy (non-hydrogen) atoms. The Morgan fingerprint density at radius 3 is 2.80 bits per heavy atom. The zero-order valence-electron chi connectivity index (χ0n) is 13.9. The minimum absolute atomic E-state index is 0.234. The van der Waals surface area contributed by atoms with Crippen molar-refractivity contribution >= 4 is 39.3 Å². The number of thiophene rings is 1. The Morgan fingerprint density at radius 2 is 2.00 bits per heavy atom. The monoisotopic (exact) mass is 370 g/mol. The fourth-order valence-electron chi connectivity index (χ4n) is 3.13. The number of aryl methyl sites for hydroxylation is 2. The average molecular weight is 370 g/mol. The molecule has 4 rings (SSSR count). The molecule has 128 valence electrons. The van der Waals surface area contributed by atoms with Crippen LogP contribution in [-0.2, 0) is 22.4 Å². The highest BCUT2D eigenvalue weighted by molar-refractivity contribution is 8.00. The lowest BCUT2D eigenvalue weighted by Gasteiger charge is -2.12. The molecule has 0 saturated carbocycles. The SMILES string of the molecule is COC(=O)CSc1nc(-c2ccccc2)nc2sc3c(c12)CCCC3. The Morgan fingerprint density at radius 1 is 1.20 bits per heavy atom. The van der Waals surface area contributed by atoms with Crippen LogP contribution in [0.1, 0.15) is 23.3 Å². The number of hydrogen-bond acceptors (Lipinski definition) is 6. The van der Waals surface area contributed by atoms with Crippen LogP contribution in [0.15, 0.2) is 35.4 Å². The van der Waals surface area contributed by atoms with E-state index in [2.05, 4.69) is 0 Å². The van der Waals surface area contributed by atoms with Crippen molar-refractivity contribution in [2.45, 2.75) is 30.7 Å². The molecule has 2 heterocycles. The van der Waals surface area contributed by atoms with E-state index < -0.39 is 0 Å². The maximum Gasteiger partial charge on any atom is 0.316 e. The first kappa shape index (κ1) is 16.5. The first-order valence-corrected chi connectivity index (χ1v) is 10.1. The summed E-state index contributed by atoms with van der Waals surface area (Å²) in [5, 5.41) is 2.04. The molecular formula is C19H18N2O2S2. The summed E-state index contributed by atoms with van der Waals surface area (Å²) in [7, 11) is 1.42. The predicted octanol–water partition coefficient (Wildman–Crippen LogP) is 4.50. The first-order valence-electron chi connectivity index (χ1n) is 8.33. The number of methoxy groups -OCH3 is 1. The van der Waals surface area contributed by atoms with Gasteiger partial charge >= 0.3 is 5.97 Å². The zero-order valence-corrected chi connectivity index (χ0v) is 15.6. The quantitative estimate of drug-likeness (QED) is 0.384. The van der Waals surface area contributed by atoms with Gasteiger partial charge in [0.15, 0.2) is 5.82 Å². The lowest BCUT2D eigenvalue weighted by Crippen LogP contribution is -2.04. The van der Waals surface area contributed by atoms with Gasteiger partial charge in [-0.25, -0.2) is 9.97 Å². The molecule has 0 radical (unpaired) electrons. The number of nitrogens with zero attached hydrogens (tertiary/aromatic N) is 2. The van der Waals surface area contributed by atoms with Crippen LogP contribution in [0, 0.1) is 0 Å². The van der Waals surface area contributed by atoms with Crippen LogP contribution in [0.2, 0.25) is 0 Å². The maximum absolute atomic E-state index is 11.6. The number of rotatable bonds is 4. The van der Waals surface area contributed by atoms with Gasteiger partial charge in [-0.05, 0) is 31.2 Å². The molecule has 2 aromatic heterocycles. The van der Waals surface area contributed by atoms with Crippen molar-refractivity contribution in [3.63, 3.8) is 0 Å². The third kappa shape index (κ3) is 3.28. The van der Waals surface area contributed by atoms with Crippen LogP contribution < -0.4 is 0 Å². The minimum Gasteiger partial charge on any atom is -0.468 e. The summed E-state index contributed by atoms with van der Waals surface area (Å²) in [4.78, 5) is 23.7. The molecular weight excluding hydrogens is 352 g/mol. The lowest BCUT2D eigenvalue weighted by molar-refractivity contribution is -0.137. The second kappa shape index (κ2) is 7.14. The topological polar surface area (TPSA) is 52.1 Å². The Labute approximate surface area is 154 Å². The van der Waals surface area contributed by atoms with Crippen LogP contribution in [0.5, 0.6) is 0 Å². The van der Waals surface area contributed by atoms with Crippen LogP contribution in [0.3, 0.4) is 0 Å². The molecule has 0 amide bonds. The smallest absolute Gasteiger partial charge is 0.316 e. The Balaban J connectivity index is 1.85. The molecule has 1 aromatic carbocycles. The molecule has 0 aliphatic heterocycles. The van der Waals surface area contributed by atoms with Crippen molar-refractivity contribution in [2.24, 2.45) is 0 Å². The van der Waals surface area contributed by atoms with E-state index in [1.165, 1.54) is 42.2 Å². The number of ether oxygens (including phenoxy) is 1. The Bertz CT molecular complexity index is 922. The van der Waals surface area contributed by atoms with Crippen LogP contribution in [-0.4, -0.2) is 28.8 Å². The molecule has 4 nitrogen and oxygen atoms in total. The molecule has 0 bridgehead atoms. The van der Waals surface area contributed by atoms with Gasteiger partial charge in [0.1, 0.15) is 9.86 Å². The Hall–Kier alpha value is -1.92. The second-order valence-electron chi connectivity index (χ2n) is 5.97. The predicted molar refractivity (Wildman–Crippen MR) is 102 cm³/mol. The van der Waals surface area contributed by atoms with Crippen LogP contribution >= 0.6 is 23.1 Å². The molecule has 0 atom stereocenters. The summed E-state index contributed by atoms with van der Waals surface area (Å²) in [5.41, 5.74) is 2.38. The largest absolute Gasteiger partial charge is 0.468 e. The second-order valence-corrected chi connectivity index (χ2v) is 8.02. The van der Waals surface area contributed by atoms with Gasteiger partial charge in [0.25, 0.3) is 0 Å². The summed E-state index contributed by atoms with van der Waals surface area (Å²) in [6, 6.07) is 10.00. The van der Waals surface area contributed by atoms with E-state index in [0.717, 1.165) is 39.5 Å². The van der Waals surface area contributed by atoms with Crippen molar-refractivity contribution < 1.29 is 9.53 Å². The zero-order chi connectivity index (χ0) is 17.2. The van der Waals surface area contributed by atoms with Gasteiger partial charge in [-0.2, -0.15) is 0 Å². The number of aromatic nitrogens is 2. The molecule has 0 N–H and O–H groups in total. The van der Waals surface area contributed by atoms with E-state index in [4.69, 9.17) is 14.7 Å². The van der Waals surface area contributed by atoms with Gasteiger partial charge in [0.05, 0.1) is 12.9 Å². The number of carbonyl (C=O) groups excluding carboxylic acids is 1. The number of benzene rings is 1. The third-order valence-corrected chi connectivity index (χ3v) is 6.50. The van der Waals surface area contributed by atoms with Crippen molar-refractivity contribution in [1.82, 2.24) is 9.97 Å². The maximum atomic E-state index is 11.6. The molecule has 0 fully saturated rings. The van der Waals surface area contributed by atoms with Gasteiger partial charge in [0.2, 0.25) is 0 Å². The summed E-state index contributed by atoms with van der Waals surface area (Å²) in [5.74, 6) is 0.753. The van der Waals surface area contributed by atoms with Gasteiger partial charge in [0, 0.05) is 15.8 Å². The average Bonchev–Trinajstić information content (AvgIpc) is 3.05. The van der Waals surface area contributed by atoms with Gasteiger partial charge in [-0.1, -0.05) is 42.1 Å². The number of fused-ring (bicyclic) bond motifs is 3. The molecule has 0 saturated heterocycles. The highest BCUT2D eigenvalue weighted by Crippen LogP contribution is 2.40. The highest BCUT2D eigenvalue weighted by atomic mass is 32.2. The summed E-state index contributed by atoms with van der Waals surface area (Å²) >= 11 is 3.23. The molecule has 0 unspecified atom stereocenters. The van der Waals surface area contributed by atoms with Crippen LogP contribution in [0.4, 0.5) is 0 Å². The van der Waals surface area contributed by atoms with Crippen molar-refractivity contribution in [3.05, 3.63) is 40.8 Å². The summed E-state index contributed by atoms with van der Waals surface area (Å²) in [6.45, 7) is 0. The first-order chi connectivity index (χ1) is 12.3. The molecule has 6 heteroatoms. The number of hydrogen-bond donors (Lipinski definition) is 0. The van der Waals surface area contributed by atoms with Crippen molar-refractivity contribution in [2.75, 3.05) is 12.9 Å². The molecule has 3 aromatic rings. The number of thioether (sulfide) groups is 1. The van der Waals surface area contributed by atoms with E-state index in [1.54, 1.807) is 11.3 Å². The van der Waals surface area contributed by atoms with Crippen molar-refractivity contribution in [1.29, 1.82) is 0 Å². The third-order valence-electron chi connectivity index (χ3n) is 4.37. The van der Waals surface area contributed by atoms with E-state index in [0.29, 0.717) is 0 Å². The number of carbonyl (C=O) groups is 1. The molecule has 1 aliphatic rings. The van der Waals surface area contributed by atoms with E-state index in [9.17, 15) is 4.79 Å². The van der Waals surface area contributed by atoms with Gasteiger partial charge in [-0.15, -0.1) is 11.3 Å². The number of esters is 1. The van der Waals surface area contributed by atoms with Gasteiger partial charge < -0.3 is 4.74 Å². The molecule has 0 spiro atoms. The van der Waals surface area contributed by atoms with Crippen LogP contribution in [0.25, 0.3) is 21.6 Å². The highest BCUT2D eigenvalue weighted by Gasteiger charge is 2.22. The van der Waals surface area contributed by atoms with E-state index in [1.807, 2.05) is 30.3 Å². The molecule has 1 aliphatic carbocycles. The van der Waals surface area contributed by atoms with Gasteiger partial charge in [-0.3, -0.25) is 4.79 Å². The van der Waals surface area contributed by atoms with E-state index in [-0.39, 0.29) is 11.7 Å². The van der Waals surface area contributed by atoms with E-state index >= 15 is 0 Å². The summed E-state index contributed by atoms with van der Waals surface area (Å²) in [6.07, 6.45) is 4.65.